The summed E-state index contributed by atoms with van der Waals surface area (Å²) < 4.78 is 6.46. The molecule has 0 aliphatic heterocycles. The van der Waals surface area contributed by atoms with Crippen molar-refractivity contribution in [1.29, 1.82) is 0 Å². The monoisotopic (exact) mass is 472 g/mol. The standard InChI is InChI=1S/C28H28N2O5/c1-5-35-27(34)18-8-10-19(11-9-18)29-25(32)22-14-21-23(15-28(3,4)16-24(21)31)30(26(22)33)20-12-6-17(2)7-13-20/h6-14H,5,15-16H2,1-4H3,(H,29,32). The average Bonchev–Trinajstić information content (AvgIpc) is 2.79. The van der Waals surface area contributed by atoms with Gasteiger partial charge in [0.05, 0.1) is 12.2 Å². The fourth-order valence-corrected chi connectivity index (χ4v) is 4.35. The van der Waals surface area contributed by atoms with Gasteiger partial charge in [0.1, 0.15) is 5.56 Å². The van der Waals surface area contributed by atoms with Crippen LogP contribution in [0, 0.1) is 12.3 Å². The molecule has 0 spiro atoms. The number of ketones is 1. The van der Waals surface area contributed by atoms with Crippen molar-refractivity contribution in [3.05, 3.63) is 92.9 Å². The second-order valence-corrected chi connectivity index (χ2v) is 9.59. The molecule has 4 rings (SSSR count). The molecular formula is C28H28N2O5. The highest BCUT2D eigenvalue weighted by molar-refractivity contribution is 6.07. The lowest BCUT2D eigenvalue weighted by molar-refractivity contribution is 0.0526. The molecule has 0 fully saturated rings. The minimum absolute atomic E-state index is 0.0926. The summed E-state index contributed by atoms with van der Waals surface area (Å²) in [4.78, 5) is 51.7. The maximum atomic E-state index is 13.6. The van der Waals surface area contributed by atoms with Crippen molar-refractivity contribution in [2.75, 3.05) is 11.9 Å². The number of nitrogens with zero attached hydrogens (tertiary/aromatic N) is 1. The highest BCUT2D eigenvalue weighted by atomic mass is 16.5. The molecule has 1 aliphatic carbocycles. The van der Waals surface area contributed by atoms with E-state index in [4.69, 9.17) is 4.74 Å². The number of carbonyl (C=O) groups is 3. The molecule has 3 aromatic rings. The maximum absolute atomic E-state index is 13.6. The van der Waals surface area contributed by atoms with Crippen molar-refractivity contribution < 1.29 is 19.1 Å². The number of benzene rings is 2. The first-order chi connectivity index (χ1) is 16.6. The number of aromatic nitrogens is 1. The first-order valence-corrected chi connectivity index (χ1v) is 11.6. The van der Waals surface area contributed by atoms with Crippen LogP contribution in [0.3, 0.4) is 0 Å². The van der Waals surface area contributed by atoms with Gasteiger partial charge in [0.2, 0.25) is 0 Å². The second-order valence-electron chi connectivity index (χ2n) is 9.59. The Morgan fingerprint density at radius 2 is 1.66 bits per heavy atom. The molecule has 0 atom stereocenters. The Balaban J connectivity index is 1.76. The molecule has 2 aromatic carbocycles. The molecule has 1 aliphatic rings. The summed E-state index contributed by atoms with van der Waals surface area (Å²) in [6.07, 6.45) is 0.872. The zero-order valence-electron chi connectivity index (χ0n) is 20.3. The molecule has 0 saturated carbocycles. The number of nitrogens with one attached hydrogen (secondary N) is 1. The lowest BCUT2D eigenvalue weighted by atomic mass is 9.75. The Kier molecular flexibility index (Phi) is 6.43. The van der Waals surface area contributed by atoms with Gasteiger partial charge < -0.3 is 10.1 Å². The number of hydrogen-bond donors (Lipinski definition) is 1. The van der Waals surface area contributed by atoms with Crippen LogP contribution in [0.4, 0.5) is 5.69 Å². The van der Waals surface area contributed by atoms with Crippen LogP contribution >= 0.6 is 0 Å². The number of fused-ring (bicyclic) bond motifs is 1. The van der Waals surface area contributed by atoms with Crippen LogP contribution < -0.4 is 10.9 Å². The quantitative estimate of drug-likeness (QED) is 0.542. The van der Waals surface area contributed by atoms with Gasteiger partial charge in [-0.1, -0.05) is 31.5 Å². The zero-order chi connectivity index (χ0) is 25.3. The highest BCUT2D eigenvalue weighted by Crippen LogP contribution is 2.35. The molecule has 1 heterocycles. The largest absolute Gasteiger partial charge is 0.462 e. The number of carbonyl (C=O) groups excluding carboxylic acids is 3. The summed E-state index contributed by atoms with van der Waals surface area (Å²) in [6.45, 7) is 7.93. The van der Waals surface area contributed by atoms with Crippen LogP contribution in [0.2, 0.25) is 0 Å². The number of ether oxygens (including phenoxy) is 1. The predicted molar refractivity (Wildman–Crippen MR) is 134 cm³/mol. The molecule has 7 heteroatoms. The molecule has 1 aromatic heterocycles. The van der Waals surface area contributed by atoms with E-state index in [-0.39, 0.29) is 23.4 Å². The van der Waals surface area contributed by atoms with Gasteiger partial charge in [0.25, 0.3) is 11.5 Å². The van der Waals surface area contributed by atoms with Crippen molar-refractivity contribution >= 4 is 23.3 Å². The van der Waals surface area contributed by atoms with Gasteiger partial charge in [-0.05, 0) is 68.1 Å². The highest BCUT2D eigenvalue weighted by Gasteiger charge is 2.35. The number of anilines is 1. The fourth-order valence-electron chi connectivity index (χ4n) is 4.35. The second kappa shape index (κ2) is 9.33. The van der Waals surface area contributed by atoms with E-state index < -0.39 is 17.4 Å². The lowest BCUT2D eigenvalue weighted by Gasteiger charge is -2.32. The van der Waals surface area contributed by atoms with E-state index in [1.54, 1.807) is 19.1 Å². The van der Waals surface area contributed by atoms with Crippen LogP contribution in [-0.2, 0) is 11.2 Å². The smallest absolute Gasteiger partial charge is 0.338 e. The molecule has 0 bridgehead atoms. The number of rotatable bonds is 5. The minimum atomic E-state index is -0.625. The van der Waals surface area contributed by atoms with Gasteiger partial charge in [-0.2, -0.15) is 0 Å². The van der Waals surface area contributed by atoms with E-state index >= 15 is 0 Å². The van der Waals surface area contributed by atoms with E-state index in [1.807, 2.05) is 45.0 Å². The van der Waals surface area contributed by atoms with Crippen molar-refractivity contribution in [3.63, 3.8) is 0 Å². The van der Waals surface area contributed by atoms with Crippen LogP contribution in [0.1, 0.15) is 69.5 Å². The number of amides is 1. The number of aryl methyl sites for hydroxylation is 1. The topological polar surface area (TPSA) is 94.5 Å². The van der Waals surface area contributed by atoms with Crippen molar-refractivity contribution in [1.82, 2.24) is 4.57 Å². The molecule has 180 valence electrons. The fraction of sp³-hybridized carbons (Fsp3) is 0.286. The van der Waals surface area contributed by atoms with Crippen LogP contribution in [-0.4, -0.2) is 28.8 Å². The van der Waals surface area contributed by atoms with Gasteiger partial charge in [0, 0.05) is 29.1 Å². The van der Waals surface area contributed by atoms with E-state index in [1.165, 1.54) is 22.8 Å². The number of esters is 1. The van der Waals surface area contributed by atoms with Crippen molar-refractivity contribution in [2.45, 2.75) is 40.5 Å². The third-order valence-electron chi connectivity index (χ3n) is 6.08. The first kappa shape index (κ1) is 24.1. The molecule has 0 saturated heterocycles. The van der Waals surface area contributed by atoms with Crippen molar-refractivity contribution in [3.8, 4) is 5.69 Å². The molecular weight excluding hydrogens is 444 g/mol. The van der Waals surface area contributed by atoms with Crippen LogP contribution in [0.25, 0.3) is 5.69 Å². The minimum Gasteiger partial charge on any atom is -0.462 e. The Morgan fingerprint density at radius 3 is 2.29 bits per heavy atom. The van der Waals surface area contributed by atoms with Gasteiger partial charge >= 0.3 is 5.97 Å². The zero-order valence-corrected chi connectivity index (χ0v) is 20.3. The first-order valence-electron chi connectivity index (χ1n) is 11.6. The number of hydrogen-bond acceptors (Lipinski definition) is 5. The molecule has 35 heavy (non-hydrogen) atoms. The normalized spacial score (nSPS) is 14.2. The van der Waals surface area contributed by atoms with Crippen molar-refractivity contribution in [2.24, 2.45) is 5.41 Å². The number of pyridine rings is 1. The Bertz CT molecular complexity index is 1370. The average molecular weight is 473 g/mol. The number of Topliss-reactive ketones (excluding diaryl/α,β-unsaturated/α-hetero) is 1. The summed E-state index contributed by atoms with van der Waals surface area (Å²) in [6, 6.07) is 15.0. The SMILES string of the molecule is CCOC(=O)c1ccc(NC(=O)c2cc3c(n(-c4ccc(C)cc4)c2=O)CC(C)(C)CC3=O)cc1. The van der Waals surface area contributed by atoms with Gasteiger partial charge in [0.15, 0.2) is 5.78 Å². The molecule has 1 N–H and O–H groups in total. The third-order valence-corrected chi connectivity index (χ3v) is 6.08. The molecule has 0 radical (unpaired) electrons. The third kappa shape index (κ3) is 4.94. The summed E-state index contributed by atoms with van der Waals surface area (Å²) in [7, 11) is 0. The molecule has 7 nitrogen and oxygen atoms in total. The van der Waals surface area contributed by atoms with E-state index in [2.05, 4.69) is 5.32 Å². The summed E-state index contributed by atoms with van der Waals surface area (Å²) in [5, 5.41) is 2.71. The van der Waals surface area contributed by atoms with E-state index in [9.17, 15) is 19.2 Å². The van der Waals surface area contributed by atoms with Gasteiger partial charge in [-0.15, -0.1) is 0 Å². The Hall–Kier alpha value is -4.00. The Labute approximate surface area is 203 Å². The predicted octanol–water partition coefficient (Wildman–Crippen LogP) is 4.73. The van der Waals surface area contributed by atoms with E-state index in [0.29, 0.717) is 41.0 Å². The Morgan fingerprint density at radius 1 is 1.00 bits per heavy atom. The maximum Gasteiger partial charge on any atom is 0.338 e. The van der Waals surface area contributed by atoms with Crippen LogP contribution in [0.5, 0.6) is 0 Å². The summed E-state index contributed by atoms with van der Waals surface area (Å²) in [5.41, 5.74) is 2.52. The van der Waals surface area contributed by atoms with Gasteiger partial charge in [-0.25, -0.2) is 4.79 Å². The van der Waals surface area contributed by atoms with Gasteiger partial charge in [-0.3, -0.25) is 19.0 Å². The summed E-state index contributed by atoms with van der Waals surface area (Å²) in [5.74, 6) is -1.17. The van der Waals surface area contributed by atoms with E-state index in [0.717, 1.165) is 5.56 Å². The lowest BCUT2D eigenvalue weighted by Crippen LogP contribution is -2.37. The summed E-state index contributed by atoms with van der Waals surface area (Å²) >= 11 is 0. The molecule has 0 unspecified atom stereocenters. The molecule has 1 amide bonds. The van der Waals surface area contributed by atoms with Crippen LogP contribution in [0.15, 0.2) is 59.4 Å².